The first-order chi connectivity index (χ1) is 7.51. The Kier molecular flexibility index (Phi) is 5.13. The summed E-state index contributed by atoms with van der Waals surface area (Å²) in [5.41, 5.74) is 1.10. The number of benzene rings is 1. The molecule has 16 heavy (non-hydrogen) atoms. The molecule has 0 bridgehead atoms. The first-order valence-electron chi connectivity index (χ1n) is 5.62. The minimum atomic E-state index is 0.471. The van der Waals surface area contributed by atoms with E-state index in [-0.39, 0.29) is 0 Å². The van der Waals surface area contributed by atoms with Gasteiger partial charge in [-0.2, -0.15) is 0 Å². The van der Waals surface area contributed by atoms with Crippen molar-refractivity contribution in [3.8, 4) is 5.75 Å². The summed E-state index contributed by atoms with van der Waals surface area (Å²) in [4.78, 5) is 0. The fourth-order valence-electron chi connectivity index (χ4n) is 1.81. The lowest BCUT2D eigenvalue weighted by molar-refractivity contribution is 0.414. The molecule has 1 atom stereocenters. The Hall–Kier alpha value is -0.700. The molecule has 0 fully saturated rings. The van der Waals surface area contributed by atoms with Crippen molar-refractivity contribution in [2.45, 2.75) is 33.2 Å². The first kappa shape index (κ1) is 13.4. The van der Waals surface area contributed by atoms with Crippen LogP contribution in [0.15, 0.2) is 22.7 Å². The average Bonchev–Trinajstić information content (AvgIpc) is 2.14. The van der Waals surface area contributed by atoms with Crippen molar-refractivity contribution in [1.82, 2.24) is 0 Å². The summed E-state index contributed by atoms with van der Waals surface area (Å²) >= 11 is 3.47. The zero-order valence-corrected chi connectivity index (χ0v) is 12.0. The molecule has 0 spiro atoms. The molecular weight excluding hydrogens is 266 g/mol. The van der Waals surface area contributed by atoms with E-state index in [1.807, 2.05) is 12.1 Å². The summed E-state index contributed by atoms with van der Waals surface area (Å²) in [6, 6.07) is 6.51. The van der Waals surface area contributed by atoms with Crippen LogP contribution in [-0.4, -0.2) is 13.2 Å². The maximum atomic E-state index is 5.23. The number of halogens is 1. The number of anilines is 1. The fraction of sp³-hybridized carbons (Fsp3) is 0.538. The van der Waals surface area contributed by atoms with Crippen LogP contribution in [0.1, 0.15) is 27.2 Å². The molecule has 1 aromatic carbocycles. The van der Waals surface area contributed by atoms with E-state index < -0.39 is 0 Å². The number of nitrogens with one attached hydrogen (secondary N) is 1. The van der Waals surface area contributed by atoms with Gasteiger partial charge in [0.2, 0.25) is 0 Å². The van der Waals surface area contributed by atoms with Crippen molar-refractivity contribution in [3.05, 3.63) is 22.7 Å². The zero-order chi connectivity index (χ0) is 12.1. The molecule has 1 aromatic rings. The van der Waals surface area contributed by atoms with Crippen molar-refractivity contribution in [1.29, 1.82) is 0 Å². The Morgan fingerprint density at radius 3 is 2.50 bits per heavy atom. The molecule has 1 N–H and O–H groups in total. The molecule has 1 rings (SSSR count). The van der Waals surface area contributed by atoms with Crippen LogP contribution in [0.25, 0.3) is 0 Å². The molecule has 0 heterocycles. The van der Waals surface area contributed by atoms with Crippen molar-refractivity contribution in [2.75, 3.05) is 12.4 Å². The van der Waals surface area contributed by atoms with E-state index in [0.29, 0.717) is 12.0 Å². The van der Waals surface area contributed by atoms with Crippen LogP contribution in [0, 0.1) is 5.92 Å². The van der Waals surface area contributed by atoms with Crippen molar-refractivity contribution < 1.29 is 4.74 Å². The Morgan fingerprint density at radius 1 is 1.25 bits per heavy atom. The molecule has 0 aliphatic rings. The summed E-state index contributed by atoms with van der Waals surface area (Å²) in [5, 5.41) is 3.48. The number of rotatable bonds is 5. The Morgan fingerprint density at radius 2 is 1.94 bits per heavy atom. The SMILES string of the molecule is COc1cc(Br)cc(NC(C)CC(C)C)c1. The van der Waals surface area contributed by atoms with Crippen molar-refractivity contribution in [2.24, 2.45) is 5.92 Å². The highest BCUT2D eigenvalue weighted by atomic mass is 79.9. The number of methoxy groups -OCH3 is 1. The Bertz CT molecular complexity index is 339. The van der Waals surface area contributed by atoms with Gasteiger partial charge in [-0.1, -0.05) is 29.8 Å². The van der Waals surface area contributed by atoms with E-state index in [1.165, 1.54) is 0 Å². The van der Waals surface area contributed by atoms with Gasteiger partial charge in [-0.25, -0.2) is 0 Å². The molecule has 0 radical (unpaired) electrons. The van der Waals surface area contributed by atoms with Crippen LogP contribution in [-0.2, 0) is 0 Å². The van der Waals surface area contributed by atoms with Gasteiger partial charge in [0.25, 0.3) is 0 Å². The second-order valence-electron chi connectivity index (χ2n) is 4.55. The fourth-order valence-corrected chi connectivity index (χ4v) is 2.29. The highest BCUT2D eigenvalue weighted by Gasteiger charge is 2.06. The molecule has 0 amide bonds. The Labute approximate surface area is 107 Å². The highest BCUT2D eigenvalue weighted by Crippen LogP contribution is 2.25. The van der Waals surface area contributed by atoms with Crippen LogP contribution in [0.4, 0.5) is 5.69 Å². The smallest absolute Gasteiger partial charge is 0.122 e. The molecular formula is C13H20BrNO. The third-order valence-corrected chi connectivity index (χ3v) is 2.80. The second-order valence-corrected chi connectivity index (χ2v) is 5.47. The second kappa shape index (κ2) is 6.14. The standard InChI is InChI=1S/C13H20BrNO/c1-9(2)5-10(3)15-12-6-11(14)7-13(8-12)16-4/h6-10,15H,5H2,1-4H3. The van der Waals surface area contributed by atoms with Crippen molar-refractivity contribution >= 4 is 21.6 Å². The molecule has 90 valence electrons. The van der Waals surface area contributed by atoms with E-state index >= 15 is 0 Å². The molecule has 0 aromatic heterocycles. The van der Waals surface area contributed by atoms with E-state index in [2.05, 4.69) is 48.1 Å². The lowest BCUT2D eigenvalue weighted by atomic mass is 10.1. The van der Waals surface area contributed by atoms with E-state index in [4.69, 9.17) is 4.74 Å². The molecule has 0 aliphatic carbocycles. The largest absolute Gasteiger partial charge is 0.497 e. The van der Waals surface area contributed by atoms with E-state index in [9.17, 15) is 0 Å². The normalized spacial score (nSPS) is 12.6. The molecule has 2 nitrogen and oxygen atoms in total. The average molecular weight is 286 g/mol. The topological polar surface area (TPSA) is 21.3 Å². The maximum absolute atomic E-state index is 5.23. The third-order valence-electron chi connectivity index (χ3n) is 2.35. The number of ether oxygens (including phenoxy) is 1. The summed E-state index contributed by atoms with van der Waals surface area (Å²) in [7, 11) is 1.68. The minimum Gasteiger partial charge on any atom is -0.497 e. The van der Waals surface area contributed by atoms with Crippen molar-refractivity contribution in [3.63, 3.8) is 0 Å². The van der Waals surface area contributed by atoms with Gasteiger partial charge in [-0.15, -0.1) is 0 Å². The van der Waals surface area contributed by atoms with Crippen LogP contribution in [0.3, 0.4) is 0 Å². The predicted octanol–water partition coefficient (Wildman–Crippen LogP) is 4.30. The molecule has 3 heteroatoms. The summed E-state index contributed by atoms with van der Waals surface area (Å²) < 4.78 is 6.26. The van der Waals surface area contributed by atoms with E-state index in [1.54, 1.807) is 7.11 Å². The summed E-state index contributed by atoms with van der Waals surface area (Å²) in [6.07, 6.45) is 1.16. The zero-order valence-electron chi connectivity index (χ0n) is 10.4. The Balaban J connectivity index is 2.69. The number of hydrogen-bond donors (Lipinski definition) is 1. The lowest BCUT2D eigenvalue weighted by Gasteiger charge is -2.18. The highest BCUT2D eigenvalue weighted by molar-refractivity contribution is 9.10. The van der Waals surface area contributed by atoms with Gasteiger partial charge in [0.05, 0.1) is 7.11 Å². The predicted molar refractivity (Wildman–Crippen MR) is 73.2 cm³/mol. The maximum Gasteiger partial charge on any atom is 0.122 e. The monoisotopic (exact) mass is 285 g/mol. The van der Waals surface area contributed by atoms with Gasteiger partial charge in [0.15, 0.2) is 0 Å². The van der Waals surface area contributed by atoms with E-state index in [0.717, 1.165) is 22.3 Å². The minimum absolute atomic E-state index is 0.471. The quantitative estimate of drug-likeness (QED) is 0.871. The van der Waals surface area contributed by atoms with Crippen LogP contribution < -0.4 is 10.1 Å². The molecule has 1 unspecified atom stereocenters. The van der Waals surface area contributed by atoms with Gasteiger partial charge < -0.3 is 10.1 Å². The summed E-state index contributed by atoms with van der Waals surface area (Å²) in [6.45, 7) is 6.67. The third kappa shape index (κ3) is 4.44. The summed E-state index contributed by atoms with van der Waals surface area (Å²) in [5.74, 6) is 1.57. The van der Waals surface area contributed by atoms with Gasteiger partial charge in [-0.05, 0) is 31.4 Å². The van der Waals surface area contributed by atoms with Crippen LogP contribution in [0.2, 0.25) is 0 Å². The molecule has 0 aliphatic heterocycles. The van der Waals surface area contributed by atoms with Gasteiger partial charge in [-0.3, -0.25) is 0 Å². The molecule has 0 saturated heterocycles. The number of hydrogen-bond acceptors (Lipinski definition) is 2. The van der Waals surface area contributed by atoms with Gasteiger partial charge in [0, 0.05) is 22.3 Å². The van der Waals surface area contributed by atoms with Crippen LogP contribution in [0.5, 0.6) is 5.75 Å². The molecule has 0 saturated carbocycles. The van der Waals surface area contributed by atoms with Gasteiger partial charge >= 0.3 is 0 Å². The lowest BCUT2D eigenvalue weighted by Crippen LogP contribution is -2.17. The van der Waals surface area contributed by atoms with Crippen LogP contribution >= 0.6 is 15.9 Å². The first-order valence-corrected chi connectivity index (χ1v) is 6.41. The van der Waals surface area contributed by atoms with Gasteiger partial charge in [0.1, 0.15) is 5.75 Å².